The van der Waals surface area contributed by atoms with Gasteiger partial charge in [0.25, 0.3) is 5.91 Å². The van der Waals surface area contributed by atoms with Crippen LogP contribution in [0.15, 0.2) is 77.0 Å². The van der Waals surface area contributed by atoms with Crippen molar-refractivity contribution in [3.05, 3.63) is 88.1 Å². The standard InChI is InChI=1S/C20H17NO4S2/c1-14-9-11-16(12-10-14)27(24,25)20(18(22)17-8-5-13-26-17)21-19(23)15-6-3-2-4-7-15/h2-13,20H,1H3,(H,21,23). The third kappa shape index (κ3) is 4.15. The summed E-state index contributed by atoms with van der Waals surface area (Å²) in [6.45, 7) is 1.84. The van der Waals surface area contributed by atoms with Gasteiger partial charge in [-0.25, -0.2) is 8.42 Å². The van der Waals surface area contributed by atoms with Crippen LogP contribution in [0.3, 0.4) is 0 Å². The molecule has 1 heterocycles. The Labute approximate surface area is 161 Å². The maximum Gasteiger partial charge on any atom is 0.252 e. The van der Waals surface area contributed by atoms with Crippen molar-refractivity contribution < 1.29 is 18.0 Å². The van der Waals surface area contributed by atoms with Crippen LogP contribution >= 0.6 is 11.3 Å². The van der Waals surface area contributed by atoms with E-state index >= 15 is 0 Å². The van der Waals surface area contributed by atoms with E-state index in [-0.39, 0.29) is 15.3 Å². The summed E-state index contributed by atoms with van der Waals surface area (Å²) in [5.74, 6) is -1.28. The smallest absolute Gasteiger partial charge is 0.252 e. The van der Waals surface area contributed by atoms with E-state index in [1.54, 1.807) is 60.0 Å². The van der Waals surface area contributed by atoms with Crippen molar-refractivity contribution in [2.45, 2.75) is 17.2 Å². The number of carbonyl (C=O) groups is 2. The number of aryl methyl sites for hydroxylation is 1. The molecule has 7 heteroatoms. The van der Waals surface area contributed by atoms with Crippen LogP contribution in [-0.4, -0.2) is 25.5 Å². The van der Waals surface area contributed by atoms with E-state index in [9.17, 15) is 18.0 Å². The molecule has 0 radical (unpaired) electrons. The first-order chi connectivity index (χ1) is 12.9. The van der Waals surface area contributed by atoms with Gasteiger partial charge in [0.1, 0.15) is 0 Å². The Bertz CT molecular complexity index is 1040. The topological polar surface area (TPSA) is 80.3 Å². The van der Waals surface area contributed by atoms with Crippen molar-refractivity contribution in [3.63, 3.8) is 0 Å². The Kier molecular flexibility index (Phi) is 5.53. The van der Waals surface area contributed by atoms with E-state index in [0.29, 0.717) is 0 Å². The monoisotopic (exact) mass is 399 g/mol. The van der Waals surface area contributed by atoms with Gasteiger partial charge >= 0.3 is 0 Å². The van der Waals surface area contributed by atoms with Crippen LogP contribution in [0.25, 0.3) is 0 Å². The third-order valence-electron chi connectivity index (χ3n) is 3.96. The summed E-state index contributed by atoms with van der Waals surface area (Å²) in [6.07, 6.45) is 0. The molecular weight excluding hydrogens is 382 g/mol. The molecule has 1 aromatic heterocycles. The first-order valence-corrected chi connectivity index (χ1v) is 10.6. The number of thiophene rings is 1. The summed E-state index contributed by atoms with van der Waals surface area (Å²) in [5, 5.41) is 2.39. The van der Waals surface area contributed by atoms with Crippen molar-refractivity contribution in [2.24, 2.45) is 0 Å². The molecule has 1 atom stereocenters. The fourth-order valence-electron chi connectivity index (χ4n) is 2.49. The summed E-state index contributed by atoms with van der Waals surface area (Å²) in [7, 11) is -4.12. The lowest BCUT2D eigenvalue weighted by Crippen LogP contribution is -2.46. The van der Waals surface area contributed by atoms with Gasteiger partial charge in [-0.2, -0.15) is 0 Å². The van der Waals surface area contributed by atoms with Crippen molar-refractivity contribution in [1.29, 1.82) is 0 Å². The van der Waals surface area contributed by atoms with Gasteiger partial charge in [-0.1, -0.05) is 42.0 Å². The Morgan fingerprint density at radius 2 is 1.59 bits per heavy atom. The fourth-order valence-corrected chi connectivity index (χ4v) is 4.72. The molecule has 0 saturated heterocycles. The van der Waals surface area contributed by atoms with E-state index in [4.69, 9.17) is 0 Å². The van der Waals surface area contributed by atoms with Gasteiger partial charge in [0.05, 0.1) is 9.77 Å². The van der Waals surface area contributed by atoms with Crippen molar-refractivity contribution >= 4 is 32.9 Å². The Hall–Kier alpha value is -2.77. The number of nitrogens with one attached hydrogen (secondary N) is 1. The Morgan fingerprint density at radius 1 is 0.926 bits per heavy atom. The molecule has 138 valence electrons. The number of ketones is 1. The molecular formula is C20H17NO4S2. The summed E-state index contributed by atoms with van der Waals surface area (Å²) < 4.78 is 26.2. The molecule has 1 unspecified atom stereocenters. The van der Waals surface area contributed by atoms with Crippen LogP contribution in [0.1, 0.15) is 25.6 Å². The molecule has 5 nitrogen and oxygen atoms in total. The number of sulfone groups is 1. The van der Waals surface area contributed by atoms with Crippen molar-refractivity contribution in [2.75, 3.05) is 0 Å². The van der Waals surface area contributed by atoms with Crippen LogP contribution in [0, 0.1) is 6.92 Å². The van der Waals surface area contributed by atoms with Gasteiger partial charge in [-0.15, -0.1) is 11.3 Å². The highest BCUT2D eigenvalue weighted by Crippen LogP contribution is 2.21. The fraction of sp³-hybridized carbons (Fsp3) is 0.100. The summed E-state index contributed by atoms with van der Waals surface area (Å²) >= 11 is 1.13. The molecule has 0 saturated carbocycles. The maximum atomic E-state index is 13.1. The second-order valence-corrected chi connectivity index (χ2v) is 8.90. The molecule has 3 aromatic rings. The molecule has 3 rings (SSSR count). The lowest BCUT2D eigenvalue weighted by molar-refractivity contribution is 0.0890. The number of hydrogen-bond acceptors (Lipinski definition) is 5. The molecule has 1 amide bonds. The minimum atomic E-state index is -4.12. The highest BCUT2D eigenvalue weighted by molar-refractivity contribution is 7.92. The van der Waals surface area contributed by atoms with Gasteiger partial charge in [-0.3, -0.25) is 9.59 Å². The number of amides is 1. The molecule has 27 heavy (non-hydrogen) atoms. The molecule has 0 spiro atoms. The zero-order valence-electron chi connectivity index (χ0n) is 14.5. The SMILES string of the molecule is Cc1ccc(S(=O)(=O)C(NC(=O)c2ccccc2)C(=O)c2cccs2)cc1. The lowest BCUT2D eigenvalue weighted by atomic mass is 10.2. The predicted molar refractivity (Wildman–Crippen MR) is 105 cm³/mol. The van der Waals surface area contributed by atoms with Crippen LogP contribution in [0.5, 0.6) is 0 Å². The quantitative estimate of drug-likeness (QED) is 0.644. The van der Waals surface area contributed by atoms with E-state index in [1.165, 1.54) is 12.1 Å². The normalized spacial score (nSPS) is 12.3. The van der Waals surface area contributed by atoms with Crippen LogP contribution in [0.2, 0.25) is 0 Å². The van der Waals surface area contributed by atoms with Gasteiger partial charge in [0.2, 0.25) is 21.0 Å². The summed E-state index contributed by atoms with van der Waals surface area (Å²) in [4.78, 5) is 25.7. The molecule has 0 aliphatic heterocycles. The minimum absolute atomic E-state index is 0.0173. The van der Waals surface area contributed by atoms with Gasteiger partial charge in [-0.05, 0) is 42.6 Å². The largest absolute Gasteiger partial charge is 0.329 e. The number of hydrogen-bond donors (Lipinski definition) is 1. The highest BCUT2D eigenvalue weighted by atomic mass is 32.2. The Balaban J connectivity index is 2.00. The number of carbonyl (C=O) groups excluding carboxylic acids is 2. The van der Waals surface area contributed by atoms with Crippen molar-refractivity contribution in [3.8, 4) is 0 Å². The molecule has 2 aromatic carbocycles. The number of benzene rings is 2. The van der Waals surface area contributed by atoms with Gasteiger partial charge in [0.15, 0.2) is 0 Å². The van der Waals surface area contributed by atoms with Crippen LogP contribution < -0.4 is 5.32 Å². The average Bonchev–Trinajstić information content (AvgIpc) is 3.21. The highest BCUT2D eigenvalue weighted by Gasteiger charge is 2.36. The summed E-state index contributed by atoms with van der Waals surface area (Å²) in [6, 6.07) is 17.6. The van der Waals surface area contributed by atoms with E-state index in [2.05, 4.69) is 5.32 Å². The molecule has 1 N–H and O–H groups in total. The molecule has 0 bridgehead atoms. The Morgan fingerprint density at radius 3 is 2.19 bits per heavy atom. The van der Waals surface area contributed by atoms with E-state index < -0.39 is 26.9 Å². The second kappa shape index (κ2) is 7.85. The van der Waals surface area contributed by atoms with Crippen LogP contribution in [0.4, 0.5) is 0 Å². The van der Waals surface area contributed by atoms with Gasteiger partial charge < -0.3 is 5.32 Å². The lowest BCUT2D eigenvalue weighted by Gasteiger charge is -2.18. The molecule has 0 aliphatic carbocycles. The van der Waals surface area contributed by atoms with Gasteiger partial charge in [0, 0.05) is 5.56 Å². The molecule has 0 aliphatic rings. The zero-order chi connectivity index (χ0) is 19.4. The number of Topliss-reactive ketones (excluding diaryl/α,β-unsaturated/α-hetero) is 1. The summed E-state index contributed by atoms with van der Waals surface area (Å²) in [5.41, 5.74) is 1.17. The van der Waals surface area contributed by atoms with Crippen molar-refractivity contribution in [1.82, 2.24) is 5.32 Å². The third-order valence-corrected chi connectivity index (χ3v) is 6.73. The van der Waals surface area contributed by atoms with E-state index in [1.807, 2.05) is 6.92 Å². The number of rotatable bonds is 6. The molecule has 0 fully saturated rings. The second-order valence-electron chi connectivity index (χ2n) is 5.92. The zero-order valence-corrected chi connectivity index (χ0v) is 16.1. The first kappa shape index (κ1) is 19.0. The average molecular weight is 399 g/mol. The predicted octanol–water partition coefficient (Wildman–Crippen LogP) is 3.47. The van der Waals surface area contributed by atoms with E-state index in [0.717, 1.165) is 16.9 Å². The first-order valence-electron chi connectivity index (χ1n) is 8.14. The minimum Gasteiger partial charge on any atom is -0.329 e. The maximum absolute atomic E-state index is 13.1. The van der Waals surface area contributed by atoms with Crippen LogP contribution in [-0.2, 0) is 9.84 Å².